The number of carbonyl (C=O) groups is 1. The third kappa shape index (κ3) is 3.33. The van der Waals surface area contributed by atoms with Gasteiger partial charge in [-0.15, -0.1) is 0 Å². The van der Waals surface area contributed by atoms with E-state index in [1.54, 1.807) is 7.05 Å². The minimum Gasteiger partial charge on any atom is -0.341 e. The molecule has 0 bridgehead atoms. The lowest BCUT2D eigenvalue weighted by Gasteiger charge is -2.31. The van der Waals surface area contributed by atoms with Gasteiger partial charge in [0.05, 0.1) is 5.92 Å². The Kier molecular flexibility index (Phi) is 4.70. The predicted octanol–water partition coefficient (Wildman–Crippen LogP) is 2.44. The number of hydrogen-bond acceptors (Lipinski definition) is 2. The van der Waals surface area contributed by atoms with Crippen molar-refractivity contribution in [1.29, 1.82) is 0 Å². The molecule has 2 N–H and O–H groups in total. The zero-order valence-corrected chi connectivity index (χ0v) is 11.6. The largest absolute Gasteiger partial charge is 0.341 e. The van der Waals surface area contributed by atoms with Gasteiger partial charge in [-0.3, -0.25) is 4.79 Å². The molecule has 0 heterocycles. The fraction of sp³-hybridized carbons (Fsp3) is 0.533. The molecule has 0 aromatic heterocycles. The van der Waals surface area contributed by atoms with Gasteiger partial charge in [0.1, 0.15) is 11.6 Å². The molecule has 1 saturated carbocycles. The highest BCUT2D eigenvalue weighted by molar-refractivity contribution is 5.79. The zero-order chi connectivity index (χ0) is 14.7. The van der Waals surface area contributed by atoms with Crippen LogP contribution in [0, 0.1) is 17.6 Å². The minimum absolute atomic E-state index is 0.0547. The van der Waals surface area contributed by atoms with Crippen molar-refractivity contribution in [3.8, 4) is 0 Å². The van der Waals surface area contributed by atoms with Gasteiger partial charge in [-0.2, -0.15) is 0 Å². The zero-order valence-electron chi connectivity index (χ0n) is 11.6. The molecule has 1 aliphatic rings. The molecular formula is C15H20F2N2O. The molecule has 0 aliphatic heterocycles. The molecule has 0 radical (unpaired) electrons. The molecule has 2 rings (SSSR count). The van der Waals surface area contributed by atoms with Crippen LogP contribution in [-0.2, 0) is 11.3 Å². The molecule has 0 spiro atoms. The van der Waals surface area contributed by atoms with Gasteiger partial charge >= 0.3 is 0 Å². The second-order valence-electron chi connectivity index (χ2n) is 5.48. The topological polar surface area (TPSA) is 46.3 Å². The van der Waals surface area contributed by atoms with E-state index in [1.165, 1.54) is 17.0 Å². The molecule has 0 saturated heterocycles. The number of carbonyl (C=O) groups excluding carboxylic acids is 1. The van der Waals surface area contributed by atoms with Crippen molar-refractivity contribution in [2.45, 2.75) is 38.3 Å². The van der Waals surface area contributed by atoms with Gasteiger partial charge in [-0.1, -0.05) is 18.9 Å². The SMILES string of the molecule is CN(Cc1ccc(F)cc1F)C(=O)C1CCCCC1N. The van der Waals surface area contributed by atoms with Crippen LogP contribution >= 0.6 is 0 Å². The number of hydrogen-bond donors (Lipinski definition) is 1. The first-order valence-corrected chi connectivity index (χ1v) is 6.93. The normalized spacial score (nSPS) is 22.6. The first-order chi connectivity index (χ1) is 9.49. The molecule has 5 heteroatoms. The van der Waals surface area contributed by atoms with Crippen LogP contribution in [-0.4, -0.2) is 23.9 Å². The Bertz CT molecular complexity index is 493. The van der Waals surface area contributed by atoms with E-state index in [-0.39, 0.29) is 24.4 Å². The van der Waals surface area contributed by atoms with Crippen LogP contribution in [0.1, 0.15) is 31.2 Å². The van der Waals surface area contributed by atoms with E-state index in [4.69, 9.17) is 5.73 Å². The monoisotopic (exact) mass is 282 g/mol. The number of nitrogens with two attached hydrogens (primary N) is 1. The first kappa shape index (κ1) is 14.9. The summed E-state index contributed by atoms with van der Waals surface area (Å²) in [6, 6.07) is 3.29. The van der Waals surface area contributed by atoms with E-state index >= 15 is 0 Å². The van der Waals surface area contributed by atoms with E-state index in [1.807, 2.05) is 0 Å². The van der Waals surface area contributed by atoms with Crippen LogP contribution < -0.4 is 5.73 Å². The Hall–Kier alpha value is -1.49. The lowest BCUT2D eigenvalue weighted by molar-refractivity contribution is -0.136. The standard InChI is InChI=1S/C15H20F2N2O/c1-19(9-10-6-7-11(16)8-13(10)17)15(20)12-4-2-3-5-14(12)18/h6-8,12,14H,2-5,9,18H2,1H3. The molecule has 110 valence electrons. The predicted molar refractivity (Wildman–Crippen MR) is 72.8 cm³/mol. The van der Waals surface area contributed by atoms with Crippen molar-refractivity contribution < 1.29 is 13.6 Å². The number of benzene rings is 1. The minimum atomic E-state index is -0.627. The van der Waals surface area contributed by atoms with Gasteiger partial charge in [-0.25, -0.2) is 8.78 Å². The van der Waals surface area contributed by atoms with Crippen LogP contribution in [0.25, 0.3) is 0 Å². The fourth-order valence-electron chi connectivity index (χ4n) is 2.73. The Morgan fingerprint density at radius 1 is 1.35 bits per heavy atom. The summed E-state index contributed by atoms with van der Waals surface area (Å²) in [5.41, 5.74) is 6.30. The summed E-state index contributed by atoms with van der Waals surface area (Å²) in [6.45, 7) is 0.133. The van der Waals surface area contributed by atoms with Crippen molar-refractivity contribution in [2.24, 2.45) is 11.7 Å². The Morgan fingerprint density at radius 2 is 2.05 bits per heavy atom. The van der Waals surface area contributed by atoms with Crippen molar-refractivity contribution in [3.05, 3.63) is 35.4 Å². The Labute approximate surface area is 117 Å². The van der Waals surface area contributed by atoms with E-state index in [0.29, 0.717) is 5.56 Å². The van der Waals surface area contributed by atoms with Gasteiger partial charge in [-0.05, 0) is 18.9 Å². The van der Waals surface area contributed by atoms with E-state index in [9.17, 15) is 13.6 Å². The van der Waals surface area contributed by atoms with Crippen molar-refractivity contribution in [3.63, 3.8) is 0 Å². The fourth-order valence-corrected chi connectivity index (χ4v) is 2.73. The second-order valence-corrected chi connectivity index (χ2v) is 5.48. The van der Waals surface area contributed by atoms with Gasteiger partial charge in [0, 0.05) is 31.3 Å². The second kappa shape index (κ2) is 6.31. The number of rotatable bonds is 3. The first-order valence-electron chi connectivity index (χ1n) is 6.93. The molecule has 20 heavy (non-hydrogen) atoms. The lowest BCUT2D eigenvalue weighted by atomic mass is 9.84. The molecule has 3 nitrogen and oxygen atoms in total. The molecule has 2 unspecified atom stereocenters. The average molecular weight is 282 g/mol. The molecule has 1 aromatic rings. The maximum Gasteiger partial charge on any atom is 0.227 e. The van der Waals surface area contributed by atoms with Crippen molar-refractivity contribution in [2.75, 3.05) is 7.05 Å². The molecule has 1 fully saturated rings. The van der Waals surface area contributed by atoms with Crippen LogP contribution in [0.3, 0.4) is 0 Å². The van der Waals surface area contributed by atoms with Gasteiger partial charge in [0.15, 0.2) is 0 Å². The Morgan fingerprint density at radius 3 is 2.70 bits per heavy atom. The Balaban J connectivity index is 2.03. The quantitative estimate of drug-likeness (QED) is 0.925. The summed E-state index contributed by atoms with van der Waals surface area (Å²) in [4.78, 5) is 13.8. The molecule has 1 amide bonds. The van der Waals surface area contributed by atoms with Gasteiger partial charge in [0.2, 0.25) is 5.91 Å². The maximum atomic E-state index is 13.6. The highest BCUT2D eigenvalue weighted by Crippen LogP contribution is 2.25. The summed E-state index contributed by atoms with van der Waals surface area (Å²) < 4.78 is 26.4. The van der Waals surface area contributed by atoms with Crippen LogP contribution in [0.5, 0.6) is 0 Å². The van der Waals surface area contributed by atoms with Gasteiger partial charge in [0.25, 0.3) is 0 Å². The molecule has 1 aromatic carbocycles. The van der Waals surface area contributed by atoms with Crippen LogP contribution in [0.4, 0.5) is 8.78 Å². The summed E-state index contributed by atoms with van der Waals surface area (Å²) >= 11 is 0. The van der Waals surface area contributed by atoms with E-state index in [2.05, 4.69) is 0 Å². The number of halogens is 2. The molecular weight excluding hydrogens is 262 g/mol. The van der Waals surface area contributed by atoms with Crippen LogP contribution in [0.15, 0.2) is 18.2 Å². The average Bonchev–Trinajstić information content (AvgIpc) is 2.41. The summed E-state index contributed by atoms with van der Waals surface area (Å²) in [7, 11) is 1.63. The summed E-state index contributed by atoms with van der Waals surface area (Å²) in [5, 5.41) is 0. The maximum absolute atomic E-state index is 13.6. The number of nitrogens with zero attached hydrogens (tertiary/aromatic N) is 1. The van der Waals surface area contributed by atoms with Crippen molar-refractivity contribution in [1.82, 2.24) is 4.90 Å². The molecule has 1 aliphatic carbocycles. The summed E-state index contributed by atoms with van der Waals surface area (Å²) in [5.74, 6) is -1.48. The molecule has 2 atom stereocenters. The van der Waals surface area contributed by atoms with Crippen LogP contribution in [0.2, 0.25) is 0 Å². The van der Waals surface area contributed by atoms with E-state index < -0.39 is 11.6 Å². The van der Waals surface area contributed by atoms with Gasteiger partial charge < -0.3 is 10.6 Å². The highest BCUT2D eigenvalue weighted by Gasteiger charge is 2.30. The number of amides is 1. The van der Waals surface area contributed by atoms with Crippen molar-refractivity contribution >= 4 is 5.91 Å². The third-order valence-corrected chi connectivity index (χ3v) is 3.94. The lowest BCUT2D eigenvalue weighted by Crippen LogP contribution is -2.44. The smallest absolute Gasteiger partial charge is 0.227 e. The van der Waals surface area contributed by atoms with E-state index in [0.717, 1.165) is 31.7 Å². The summed E-state index contributed by atoms with van der Waals surface area (Å²) in [6.07, 6.45) is 3.70. The highest BCUT2D eigenvalue weighted by atomic mass is 19.1. The third-order valence-electron chi connectivity index (χ3n) is 3.94.